The molecule has 1 aliphatic carbocycles. The number of ether oxygens (including phenoxy) is 2. The topological polar surface area (TPSA) is 89.0 Å². The van der Waals surface area contributed by atoms with Crippen LogP contribution in [0.5, 0.6) is 11.5 Å². The molecule has 0 fully saturated rings. The molecule has 30 heavy (non-hydrogen) atoms. The number of rotatable bonds is 6. The van der Waals surface area contributed by atoms with Crippen LogP contribution in [-0.2, 0) is 22.4 Å². The summed E-state index contributed by atoms with van der Waals surface area (Å²) in [4.78, 5) is 31.3. The number of carbonyl (C=O) groups is 2. The second kappa shape index (κ2) is 7.60. The van der Waals surface area contributed by atoms with E-state index in [1.165, 1.54) is 16.2 Å². The number of anilines is 1. The third-order valence-electron chi connectivity index (χ3n) is 5.59. The summed E-state index contributed by atoms with van der Waals surface area (Å²) in [7, 11) is 4.77. The number of nitrogens with zero attached hydrogens (tertiary/aromatic N) is 2. The van der Waals surface area contributed by atoms with Crippen molar-refractivity contribution in [3.63, 3.8) is 0 Å². The molecule has 8 heteroatoms. The van der Waals surface area contributed by atoms with E-state index < -0.39 is 11.4 Å². The molecule has 0 spiro atoms. The van der Waals surface area contributed by atoms with Crippen molar-refractivity contribution in [2.24, 2.45) is 5.41 Å². The Hall–Kier alpha value is -3.13. The van der Waals surface area contributed by atoms with Crippen LogP contribution in [0.15, 0.2) is 36.4 Å². The maximum Gasteiger partial charge on any atom is 0.304 e. The van der Waals surface area contributed by atoms with E-state index in [2.05, 4.69) is 4.98 Å². The summed E-state index contributed by atoms with van der Waals surface area (Å²) in [6.07, 6.45) is 0.591. The first kappa shape index (κ1) is 20.2. The van der Waals surface area contributed by atoms with E-state index in [0.29, 0.717) is 35.0 Å². The van der Waals surface area contributed by atoms with Gasteiger partial charge in [0.05, 0.1) is 36.3 Å². The zero-order valence-electron chi connectivity index (χ0n) is 17.0. The van der Waals surface area contributed by atoms with Gasteiger partial charge < -0.3 is 14.6 Å². The highest BCUT2D eigenvalue weighted by Crippen LogP contribution is 2.43. The number of carboxylic acids is 1. The van der Waals surface area contributed by atoms with Gasteiger partial charge >= 0.3 is 5.97 Å². The number of hydrogen-bond donors (Lipinski definition) is 1. The summed E-state index contributed by atoms with van der Waals surface area (Å²) >= 11 is 1.35. The van der Waals surface area contributed by atoms with Crippen LogP contribution in [0.1, 0.15) is 17.5 Å². The van der Waals surface area contributed by atoms with Crippen molar-refractivity contribution in [3.05, 3.63) is 47.5 Å². The molecule has 0 unspecified atom stereocenters. The third kappa shape index (κ3) is 3.37. The number of thiazole rings is 1. The summed E-state index contributed by atoms with van der Waals surface area (Å²) in [5, 5.41) is 10.0. The molecule has 4 rings (SSSR count). The number of carboxylic acid groups (broad SMARTS) is 1. The normalized spacial score (nSPS) is 14.4. The van der Waals surface area contributed by atoms with Crippen LogP contribution < -0.4 is 14.4 Å². The van der Waals surface area contributed by atoms with Gasteiger partial charge in [-0.25, -0.2) is 4.98 Å². The van der Waals surface area contributed by atoms with E-state index in [1.54, 1.807) is 27.3 Å². The molecular formula is C22H22N2O5S. The quantitative estimate of drug-likeness (QED) is 0.649. The zero-order chi connectivity index (χ0) is 21.5. The van der Waals surface area contributed by atoms with Crippen LogP contribution in [0.3, 0.4) is 0 Å². The second-order valence-corrected chi connectivity index (χ2v) is 8.52. The smallest absolute Gasteiger partial charge is 0.304 e. The monoisotopic (exact) mass is 426 g/mol. The molecular weight excluding hydrogens is 404 g/mol. The highest BCUT2D eigenvalue weighted by molar-refractivity contribution is 7.22. The standard InChI is InChI=1S/C22H22N2O5S/c1-24(21-23-15-8-16(28-2)17(29-3)9-18(15)30-21)20(27)22(12-19(25)26)10-13-6-4-5-7-14(13)11-22/h4-9H,10-12H2,1-3H3,(H,25,26). The highest BCUT2D eigenvalue weighted by Gasteiger charge is 2.47. The van der Waals surface area contributed by atoms with Crippen molar-refractivity contribution in [1.29, 1.82) is 0 Å². The van der Waals surface area contributed by atoms with E-state index in [4.69, 9.17) is 9.47 Å². The van der Waals surface area contributed by atoms with Crippen LogP contribution in [0.4, 0.5) is 5.13 Å². The molecule has 7 nitrogen and oxygen atoms in total. The van der Waals surface area contributed by atoms with Crippen molar-refractivity contribution in [3.8, 4) is 11.5 Å². The van der Waals surface area contributed by atoms with E-state index in [9.17, 15) is 14.7 Å². The molecule has 0 saturated heterocycles. The molecule has 1 aliphatic rings. The SMILES string of the molecule is COc1cc2nc(N(C)C(=O)C3(CC(=O)O)Cc4ccccc4C3)sc2cc1OC. The van der Waals surface area contributed by atoms with Gasteiger partial charge in [-0.05, 0) is 24.0 Å². The molecule has 0 aliphatic heterocycles. The minimum absolute atomic E-state index is 0.225. The lowest BCUT2D eigenvalue weighted by atomic mass is 9.80. The van der Waals surface area contributed by atoms with Gasteiger partial charge in [0, 0.05) is 19.2 Å². The Balaban J connectivity index is 1.70. The Labute approximate surface area is 177 Å². The first-order valence-electron chi connectivity index (χ1n) is 9.46. The number of aliphatic carboxylic acids is 1. The van der Waals surface area contributed by atoms with E-state index in [-0.39, 0.29) is 12.3 Å². The van der Waals surface area contributed by atoms with E-state index in [1.807, 2.05) is 30.3 Å². The number of methoxy groups -OCH3 is 2. The molecule has 156 valence electrons. The maximum absolute atomic E-state index is 13.6. The van der Waals surface area contributed by atoms with Gasteiger partial charge in [-0.3, -0.25) is 14.5 Å². The van der Waals surface area contributed by atoms with Crippen LogP contribution in [0.25, 0.3) is 10.2 Å². The molecule has 1 N–H and O–H groups in total. The molecule has 3 aromatic rings. The molecule has 1 heterocycles. The predicted molar refractivity (Wildman–Crippen MR) is 115 cm³/mol. The second-order valence-electron chi connectivity index (χ2n) is 7.51. The van der Waals surface area contributed by atoms with Gasteiger partial charge in [0.25, 0.3) is 0 Å². The number of amides is 1. The van der Waals surface area contributed by atoms with Crippen LogP contribution in [0, 0.1) is 5.41 Å². The van der Waals surface area contributed by atoms with Crippen molar-refractivity contribution in [2.45, 2.75) is 19.3 Å². The Morgan fingerprint density at radius 1 is 1.13 bits per heavy atom. The van der Waals surface area contributed by atoms with Gasteiger partial charge in [0.1, 0.15) is 0 Å². The fraction of sp³-hybridized carbons (Fsp3) is 0.318. The fourth-order valence-corrected chi connectivity index (χ4v) is 5.10. The van der Waals surface area contributed by atoms with Crippen LogP contribution >= 0.6 is 11.3 Å². The molecule has 0 radical (unpaired) electrons. The summed E-state index contributed by atoms with van der Waals surface area (Å²) in [6, 6.07) is 11.3. The van der Waals surface area contributed by atoms with E-state index >= 15 is 0 Å². The third-order valence-corrected chi connectivity index (χ3v) is 6.69. The Morgan fingerprint density at radius 3 is 2.30 bits per heavy atom. The Morgan fingerprint density at radius 2 is 1.73 bits per heavy atom. The van der Waals surface area contributed by atoms with Crippen molar-refractivity contribution < 1.29 is 24.2 Å². The van der Waals surface area contributed by atoms with Crippen molar-refractivity contribution >= 4 is 38.6 Å². The lowest BCUT2D eigenvalue weighted by Gasteiger charge is -2.30. The molecule has 0 bridgehead atoms. The van der Waals surface area contributed by atoms with Gasteiger partial charge in [0.2, 0.25) is 5.91 Å². The van der Waals surface area contributed by atoms with Crippen LogP contribution in [0.2, 0.25) is 0 Å². The van der Waals surface area contributed by atoms with Crippen molar-refractivity contribution in [1.82, 2.24) is 4.98 Å². The molecule has 2 aromatic carbocycles. The average Bonchev–Trinajstić information content (AvgIpc) is 3.31. The Bertz CT molecular complexity index is 1070. The summed E-state index contributed by atoms with van der Waals surface area (Å²) in [5.41, 5.74) is 1.73. The molecule has 1 amide bonds. The maximum atomic E-state index is 13.6. The summed E-state index contributed by atoms with van der Waals surface area (Å²) in [6.45, 7) is 0. The number of benzene rings is 2. The largest absolute Gasteiger partial charge is 0.493 e. The lowest BCUT2D eigenvalue weighted by molar-refractivity contribution is -0.144. The van der Waals surface area contributed by atoms with Gasteiger partial charge in [0.15, 0.2) is 16.6 Å². The minimum atomic E-state index is -1.02. The number of fused-ring (bicyclic) bond motifs is 2. The van der Waals surface area contributed by atoms with Gasteiger partial charge in [-0.1, -0.05) is 35.6 Å². The molecule has 0 saturated carbocycles. The lowest BCUT2D eigenvalue weighted by Crippen LogP contribution is -2.44. The van der Waals surface area contributed by atoms with Crippen molar-refractivity contribution in [2.75, 3.05) is 26.2 Å². The summed E-state index contributed by atoms with van der Waals surface area (Å²) in [5.74, 6) is -0.0744. The highest BCUT2D eigenvalue weighted by atomic mass is 32.1. The number of hydrogen-bond acceptors (Lipinski definition) is 6. The molecule has 1 aromatic heterocycles. The number of aromatic nitrogens is 1. The number of carbonyl (C=O) groups excluding carboxylic acids is 1. The average molecular weight is 426 g/mol. The molecule has 0 atom stereocenters. The first-order chi connectivity index (χ1) is 14.4. The minimum Gasteiger partial charge on any atom is -0.493 e. The predicted octanol–water partition coefficient (Wildman–Crippen LogP) is 3.54. The summed E-state index contributed by atoms with van der Waals surface area (Å²) < 4.78 is 11.5. The Kier molecular flexibility index (Phi) is 5.11. The van der Waals surface area contributed by atoms with Crippen LogP contribution in [-0.4, -0.2) is 43.2 Å². The van der Waals surface area contributed by atoms with Gasteiger partial charge in [-0.2, -0.15) is 0 Å². The first-order valence-corrected chi connectivity index (χ1v) is 10.3. The van der Waals surface area contributed by atoms with E-state index in [0.717, 1.165) is 15.8 Å². The fourth-order valence-electron chi connectivity index (χ4n) is 4.16. The van der Waals surface area contributed by atoms with Gasteiger partial charge in [-0.15, -0.1) is 0 Å². The zero-order valence-corrected chi connectivity index (χ0v) is 17.8.